The van der Waals surface area contributed by atoms with Gasteiger partial charge in [-0.2, -0.15) is 0 Å². The number of anilines is 1. The van der Waals surface area contributed by atoms with Crippen molar-refractivity contribution in [3.63, 3.8) is 0 Å². The summed E-state index contributed by atoms with van der Waals surface area (Å²) in [5, 5.41) is 3.44. The second-order valence-electron chi connectivity index (χ2n) is 4.86. The van der Waals surface area contributed by atoms with Gasteiger partial charge in [0.2, 0.25) is 0 Å². The third-order valence-electron chi connectivity index (χ3n) is 3.32. The van der Waals surface area contributed by atoms with Crippen molar-refractivity contribution in [3.05, 3.63) is 71.8 Å². The third kappa shape index (κ3) is 3.64. The van der Waals surface area contributed by atoms with Crippen molar-refractivity contribution in [1.82, 2.24) is 0 Å². The highest BCUT2D eigenvalue weighted by molar-refractivity contribution is 5.49. The molecule has 2 nitrogen and oxygen atoms in total. The van der Waals surface area contributed by atoms with Crippen LogP contribution in [0, 0.1) is 13.8 Å². The monoisotopic (exact) mass is 267 g/mol. The highest BCUT2D eigenvalue weighted by Crippen LogP contribution is 2.20. The summed E-state index contributed by atoms with van der Waals surface area (Å²) in [6.07, 6.45) is 1.76. The lowest BCUT2D eigenvalue weighted by molar-refractivity contribution is 0.359. The predicted molar refractivity (Wildman–Crippen MR) is 85.4 cm³/mol. The summed E-state index contributed by atoms with van der Waals surface area (Å²) >= 11 is 0. The molecule has 0 saturated carbocycles. The largest absolute Gasteiger partial charge is 0.489 e. The van der Waals surface area contributed by atoms with Gasteiger partial charge in [-0.05, 0) is 43.2 Å². The fraction of sp³-hybridized carbons (Fsp3) is 0.222. The molecule has 0 saturated heterocycles. The van der Waals surface area contributed by atoms with E-state index in [1.807, 2.05) is 18.2 Å². The normalized spacial score (nSPS) is 10.1. The Labute approximate surface area is 121 Å². The summed E-state index contributed by atoms with van der Waals surface area (Å²) in [4.78, 5) is 0. The molecule has 2 rings (SSSR count). The fourth-order valence-corrected chi connectivity index (χ4v) is 1.99. The average Bonchev–Trinajstić information content (AvgIpc) is 2.47. The van der Waals surface area contributed by atoms with Crippen LogP contribution < -0.4 is 10.1 Å². The van der Waals surface area contributed by atoms with E-state index in [2.05, 4.69) is 50.0 Å². The number of ether oxygens (including phenoxy) is 1. The molecular weight excluding hydrogens is 246 g/mol. The highest BCUT2D eigenvalue weighted by Gasteiger charge is 2.02. The molecule has 0 aromatic heterocycles. The minimum Gasteiger partial charge on any atom is -0.489 e. The van der Waals surface area contributed by atoms with E-state index in [0.29, 0.717) is 6.61 Å². The van der Waals surface area contributed by atoms with E-state index in [9.17, 15) is 0 Å². The van der Waals surface area contributed by atoms with Crippen molar-refractivity contribution < 1.29 is 4.74 Å². The predicted octanol–water partition coefficient (Wildman–Crippen LogP) is 4.48. The Balaban J connectivity index is 2.06. The molecule has 0 heterocycles. The van der Waals surface area contributed by atoms with Crippen LogP contribution in [-0.2, 0) is 6.54 Å². The van der Waals surface area contributed by atoms with E-state index < -0.39 is 0 Å². The van der Waals surface area contributed by atoms with E-state index in [1.165, 1.54) is 11.1 Å². The Kier molecular flexibility index (Phi) is 4.83. The number of benzene rings is 2. The maximum atomic E-state index is 5.66. The molecule has 0 fully saturated rings. The van der Waals surface area contributed by atoms with E-state index in [-0.39, 0.29) is 0 Å². The number of rotatable bonds is 6. The topological polar surface area (TPSA) is 21.3 Å². The van der Waals surface area contributed by atoms with Crippen molar-refractivity contribution in [2.24, 2.45) is 0 Å². The van der Waals surface area contributed by atoms with E-state index in [4.69, 9.17) is 4.74 Å². The van der Waals surface area contributed by atoms with Crippen LogP contribution in [0.3, 0.4) is 0 Å². The van der Waals surface area contributed by atoms with Gasteiger partial charge in [0.1, 0.15) is 12.4 Å². The second-order valence-corrected chi connectivity index (χ2v) is 4.86. The Morgan fingerprint density at radius 1 is 1.10 bits per heavy atom. The van der Waals surface area contributed by atoms with Crippen LogP contribution in [0.5, 0.6) is 5.75 Å². The van der Waals surface area contributed by atoms with Gasteiger partial charge in [-0.1, -0.05) is 36.9 Å². The molecule has 0 atom stereocenters. The number of aryl methyl sites for hydroxylation is 2. The van der Waals surface area contributed by atoms with Gasteiger partial charge in [0, 0.05) is 17.8 Å². The molecule has 20 heavy (non-hydrogen) atoms. The Morgan fingerprint density at radius 3 is 2.65 bits per heavy atom. The molecule has 0 aliphatic rings. The number of nitrogens with one attached hydrogen (secondary N) is 1. The molecule has 0 aliphatic heterocycles. The van der Waals surface area contributed by atoms with Gasteiger partial charge in [-0.25, -0.2) is 0 Å². The van der Waals surface area contributed by atoms with Crippen molar-refractivity contribution in [1.29, 1.82) is 0 Å². The second kappa shape index (κ2) is 6.80. The van der Waals surface area contributed by atoms with Crippen LogP contribution in [0.4, 0.5) is 5.69 Å². The summed E-state index contributed by atoms with van der Waals surface area (Å²) < 4.78 is 5.66. The average molecular weight is 267 g/mol. The number of para-hydroxylation sites is 1. The fourth-order valence-electron chi connectivity index (χ4n) is 1.99. The molecule has 0 radical (unpaired) electrons. The lowest BCUT2D eigenvalue weighted by Gasteiger charge is -2.12. The molecule has 2 heteroatoms. The van der Waals surface area contributed by atoms with E-state index in [0.717, 1.165) is 23.5 Å². The van der Waals surface area contributed by atoms with Gasteiger partial charge < -0.3 is 10.1 Å². The Bertz CT molecular complexity index is 590. The molecule has 1 N–H and O–H groups in total. The van der Waals surface area contributed by atoms with Gasteiger partial charge in [0.15, 0.2) is 0 Å². The standard InChI is InChI=1S/C18H21NO/c1-4-11-20-18-8-6-5-7-16(18)13-19-17-10-9-14(2)15(3)12-17/h4-10,12,19H,1,11,13H2,2-3H3. The molecule has 104 valence electrons. The summed E-state index contributed by atoms with van der Waals surface area (Å²) in [5.41, 5.74) is 4.88. The first-order chi connectivity index (χ1) is 9.70. The van der Waals surface area contributed by atoms with Crippen molar-refractivity contribution in [3.8, 4) is 5.75 Å². The minimum absolute atomic E-state index is 0.528. The van der Waals surface area contributed by atoms with E-state index >= 15 is 0 Å². The van der Waals surface area contributed by atoms with E-state index in [1.54, 1.807) is 6.08 Å². The lowest BCUT2D eigenvalue weighted by atomic mass is 10.1. The molecule has 0 bridgehead atoms. The van der Waals surface area contributed by atoms with Crippen molar-refractivity contribution >= 4 is 5.69 Å². The summed E-state index contributed by atoms with van der Waals surface area (Å²) in [6.45, 7) is 9.20. The van der Waals surface area contributed by atoms with Crippen LogP contribution in [0.1, 0.15) is 16.7 Å². The first-order valence-electron chi connectivity index (χ1n) is 6.83. The lowest BCUT2D eigenvalue weighted by Crippen LogP contribution is -2.03. The van der Waals surface area contributed by atoms with Crippen molar-refractivity contribution in [2.45, 2.75) is 20.4 Å². The number of hydrogen-bond acceptors (Lipinski definition) is 2. The quantitative estimate of drug-likeness (QED) is 0.779. The van der Waals surface area contributed by atoms with Crippen LogP contribution >= 0.6 is 0 Å². The zero-order chi connectivity index (χ0) is 14.4. The van der Waals surface area contributed by atoms with Crippen LogP contribution in [0.2, 0.25) is 0 Å². The van der Waals surface area contributed by atoms with Gasteiger partial charge in [-0.15, -0.1) is 0 Å². The Hall–Kier alpha value is -2.22. The number of hydrogen-bond donors (Lipinski definition) is 1. The molecule has 0 amide bonds. The van der Waals surface area contributed by atoms with Crippen LogP contribution in [0.15, 0.2) is 55.1 Å². The molecule has 0 aliphatic carbocycles. The Morgan fingerprint density at radius 2 is 1.90 bits per heavy atom. The molecular formula is C18H21NO. The maximum absolute atomic E-state index is 5.66. The van der Waals surface area contributed by atoms with Crippen LogP contribution in [0.25, 0.3) is 0 Å². The first-order valence-corrected chi connectivity index (χ1v) is 6.83. The smallest absolute Gasteiger partial charge is 0.124 e. The van der Waals surface area contributed by atoms with Gasteiger partial charge in [-0.3, -0.25) is 0 Å². The van der Waals surface area contributed by atoms with Gasteiger partial charge >= 0.3 is 0 Å². The first kappa shape index (κ1) is 14.2. The maximum Gasteiger partial charge on any atom is 0.124 e. The van der Waals surface area contributed by atoms with Crippen molar-refractivity contribution in [2.75, 3.05) is 11.9 Å². The third-order valence-corrected chi connectivity index (χ3v) is 3.32. The molecule has 0 spiro atoms. The molecule has 0 unspecified atom stereocenters. The summed E-state index contributed by atoms with van der Waals surface area (Å²) in [6, 6.07) is 14.5. The highest BCUT2D eigenvalue weighted by atomic mass is 16.5. The SMILES string of the molecule is C=CCOc1ccccc1CNc1ccc(C)c(C)c1. The van der Waals surface area contributed by atoms with Gasteiger partial charge in [0.25, 0.3) is 0 Å². The summed E-state index contributed by atoms with van der Waals surface area (Å²) in [7, 11) is 0. The molecule has 2 aromatic carbocycles. The zero-order valence-electron chi connectivity index (χ0n) is 12.1. The summed E-state index contributed by atoms with van der Waals surface area (Å²) in [5.74, 6) is 0.906. The van der Waals surface area contributed by atoms with Gasteiger partial charge in [0.05, 0.1) is 0 Å². The van der Waals surface area contributed by atoms with Crippen LogP contribution in [-0.4, -0.2) is 6.61 Å². The minimum atomic E-state index is 0.528. The zero-order valence-corrected chi connectivity index (χ0v) is 12.1. The molecule has 2 aromatic rings.